The first kappa shape index (κ1) is 14.4. The zero-order valence-corrected chi connectivity index (χ0v) is 13.1. The number of imidazole rings is 1. The highest BCUT2D eigenvalue weighted by molar-refractivity contribution is 5.97. The van der Waals surface area contributed by atoms with Crippen LogP contribution >= 0.6 is 0 Å². The van der Waals surface area contributed by atoms with Crippen molar-refractivity contribution >= 4 is 34.2 Å². The van der Waals surface area contributed by atoms with Crippen molar-refractivity contribution in [3.8, 4) is 0 Å². The maximum atomic E-state index is 12.1. The van der Waals surface area contributed by atoms with E-state index in [1.54, 1.807) is 6.07 Å². The van der Waals surface area contributed by atoms with Gasteiger partial charge in [-0.25, -0.2) is 4.98 Å². The molecule has 6 heteroatoms. The van der Waals surface area contributed by atoms with Crippen molar-refractivity contribution in [3.05, 3.63) is 53.9 Å². The molecule has 24 heavy (non-hydrogen) atoms. The predicted molar refractivity (Wildman–Crippen MR) is 91.9 cm³/mol. The Morgan fingerprint density at radius 2 is 2.08 bits per heavy atom. The van der Waals surface area contributed by atoms with Gasteiger partial charge >= 0.3 is 0 Å². The third kappa shape index (κ3) is 2.52. The van der Waals surface area contributed by atoms with E-state index in [0.29, 0.717) is 17.8 Å². The fourth-order valence-electron chi connectivity index (χ4n) is 3.13. The van der Waals surface area contributed by atoms with E-state index in [4.69, 9.17) is 0 Å². The molecule has 0 saturated heterocycles. The number of hydrogen-bond acceptors (Lipinski definition) is 3. The van der Waals surface area contributed by atoms with Gasteiger partial charge in [0.1, 0.15) is 5.82 Å². The monoisotopic (exact) mass is 320 g/mol. The SMILES string of the molecule is CC(=O)Nc1ccc2c(c1)NC(=O)C[C@@H]2c1nc2ccccc2[nH]1. The molecule has 3 N–H and O–H groups in total. The van der Waals surface area contributed by atoms with E-state index in [1.807, 2.05) is 36.4 Å². The Kier molecular flexibility index (Phi) is 3.30. The van der Waals surface area contributed by atoms with Crippen molar-refractivity contribution in [2.75, 3.05) is 10.6 Å². The molecule has 0 spiro atoms. The van der Waals surface area contributed by atoms with Gasteiger partial charge in [0.2, 0.25) is 11.8 Å². The molecule has 2 heterocycles. The van der Waals surface area contributed by atoms with E-state index in [1.165, 1.54) is 6.92 Å². The van der Waals surface area contributed by atoms with Crippen molar-refractivity contribution in [1.82, 2.24) is 9.97 Å². The first-order valence-corrected chi connectivity index (χ1v) is 7.76. The summed E-state index contributed by atoms with van der Waals surface area (Å²) in [4.78, 5) is 31.3. The van der Waals surface area contributed by atoms with Gasteiger partial charge in [0.05, 0.1) is 17.0 Å². The van der Waals surface area contributed by atoms with Crippen LogP contribution in [0.3, 0.4) is 0 Å². The van der Waals surface area contributed by atoms with Gasteiger partial charge in [-0.3, -0.25) is 9.59 Å². The molecule has 1 aromatic heterocycles. The molecule has 1 aliphatic heterocycles. The lowest BCUT2D eigenvalue weighted by atomic mass is 9.89. The molecule has 0 saturated carbocycles. The Morgan fingerprint density at radius 3 is 2.88 bits per heavy atom. The molecule has 3 aromatic rings. The van der Waals surface area contributed by atoms with E-state index in [2.05, 4.69) is 20.6 Å². The third-order valence-electron chi connectivity index (χ3n) is 4.15. The number of H-pyrrole nitrogens is 1. The number of aromatic amines is 1. The minimum absolute atomic E-state index is 0.0621. The number of fused-ring (bicyclic) bond motifs is 2. The van der Waals surface area contributed by atoms with Crippen molar-refractivity contribution in [1.29, 1.82) is 0 Å². The Hall–Kier alpha value is -3.15. The highest BCUT2D eigenvalue weighted by atomic mass is 16.2. The van der Waals surface area contributed by atoms with Crippen molar-refractivity contribution in [2.45, 2.75) is 19.3 Å². The number of para-hydroxylation sites is 2. The topological polar surface area (TPSA) is 86.9 Å². The molecular formula is C18H16N4O2. The first-order chi connectivity index (χ1) is 11.6. The van der Waals surface area contributed by atoms with E-state index < -0.39 is 0 Å². The summed E-state index contributed by atoms with van der Waals surface area (Å²) in [5, 5.41) is 5.61. The maximum Gasteiger partial charge on any atom is 0.225 e. The summed E-state index contributed by atoms with van der Waals surface area (Å²) in [7, 11) is 0. The van der Waals surface area contributed by atoms with Crippen LogP contribution in [0.1, 0.15) is 30.7 Å². The second-order valence-electron chi connectivity index (χ2n) is 5.93. The number of carbonyl (C=O) groups excluding carboxylic acids is 2. The number of amides is 2. The number of aromatic nitrogens is 2. The minimum Gasteiger partial charge on any atom is -0.341 e. The molecule has 120 valence electrons. The third-order valence-corrected chi connectivity index (χ3v) is 4.15. The van der Waals surface area contributed by atoms with Crippen LogP contribution in [0.15, 0.2) is 42.5 Å². The van der Waals surface area contributed by atoms with Crippen LogP contribution in [0.2, 0.25) is 0 Å². The fraction of sp³-hybridized carbons (Fsp3) is 0.167. The number of nitrogens with zero attached hydrogens (tertiary/aromatic N) is 1. The van der Waals surface area contributed by atoms with Gasteiger partial charge in [-0.1, -0.05) is 18.2 Å². The van der Waals surface area contributed by atoms with E-state index >= 15 is 0 Å². The standard InChI is InChI=1S/C18H16N4O2/c1-10(23)19-11-6-7-12-13(9-17(24)20-16(12)8-11)18-21-14-4-2-3-5-15(14)22-18/h2-8,13H,9H2,1H3,(H,19,23)(H,20,24)(H,21,22)/t13-/m0/s1. The molecule has 0 fully saturated rings. The summed E-state index contributed by atoms with van der Waals surface area (Å²) in [6.45, 7) is 1.45. The van der Waals surface area contributed by atoms with Gasteiger partial charge in [-0.05, 0) is 29.8 Å². The van der Waals surface area contributed by atoms with Crippen LogP contribution in [0.5, 0.6) is 0 Å². The van der Waals surface area contributed by atoms with Crippen LogP contribution in [0.25, 0.3) is 11.0 Å². The van der Waals surface area contributed by atoms with Gasteiger partial charge in [0.15, 0.2) is 0 Å². The summed E-state index contributed by atoms with van der Waals surface area (Å²) in [6, 6.07) is 13.4. The van der Waals surface area contributed by atoms with Gasteiger partial charge in [-0.2, -0.15) is 0 Å². The number of carbonyl (C=O) groups is 2. The molecule has 0 bridgehead atoms. The minimum atomic E-state index is -0.147. The van der Waals surface area contributed by atoms with Crippen LogP contribution in [0, 0.1) is 0 Å². The Balaban J connectivity index is 1.77. The average Bonchev–Trinajstić information content (AvgIpc) is 2.97. The Morgan fingerprint density at radius 1 is 1.25 bits per heavy atom. The number of nitrogens with one attached hydrogen (secondary N) is 3. The Labute approximate surface area is 138 Å². The highest BCUT2D eigenvalue weighted by Crippen LogP contribution is 2.37. The van der Waals surface area contributed by atoms with E-state index in [0.717, 1.165) is 22.4 Å². The smallest absolute Gasteiger partial charge is 0.225 e. The lowest BCUT2D eigenvalue weighted by Gasteiger charge is -2.24. The summed E-state index contributed by atoms with van der Waals surface area (Å²) >= 11 is 0. The van der Waals surface area contributed by atoms with Crippen LogP contribution in [0.4, 0.5) is 11.4 Å². The quantitative estimate of drug-likeness (QED) is 0.678. The number of hydrogen-bond donors (Lipinski definition) is 3. The summed E-state index contributed by atoms with van der Waals surface area (Å²) in [5.74, 6) is 0.436. The van der Waals surface area contributed by atoms with Gasteiger partial charge in [-0.15, -0.1) is 0 Å². The Bertz CT molecular complexity index is 928. The number of rotatable bonds is 2. The molecule has 2 aromatic carbocycles. The molecule has 0 radical (unpaired) electrons. The van der Waals surface area contributed by atoms with Crippen LogP contribution in [-0.4, -0.2) is 21.8 Å². The summed E-state index contributed by atoms with van der Waals surface area (Å²) in [5.41, 5.74) is 4.20. The van der Waals surface area contributed by atoms with Crippen LogP contribution in [-0.2, 0) is 9.59 Å². The van der Waals surface area contributed by atoms with Crippen LogP contribution < -0.4 is 10.6 Å². The first-order valence-electron chi connectivity index (χ1n) is 7.76. The average molecular weight is 320 g/mol. The fourth-order valence-corrected chi connectivity index (χ4v) is 3.13. The molecule has 1 atom stereocenters. The highest BCUT2D eigenvalue weighted by Gasteiger charge is 2.29. The molecule has 2 amide bonds. The van der Waals surface area contributed by atoms with Gasteiger partial charge in [0, 0.05) is 24.7 Å². The summed E-state index contributed by atoms with van der Waals surface area (Å²) in [6.07, 6.45) is 0.340. The second-order valence-corrected chi connectivity index (χ2v) is 5.93. The summed E-state index contributed by atoms with van der Waals surface area (Å²) < 4.78 is 0. The lowest BCUT2D eigenvalue weighted by Crippen LogP contribution is -2.24. The largest absolute Gasteiger partial charge is 0.341 e. The number of anilines is 2. The number of benzene rings is 2. The molecule has 4 rings (SSSR count). The maximum absolute atomic E-state index is 12.1. The van der Waals surface area contributed by atoms with Gasteiger partial charge in [0.25, 0.3) is 0 Å². The van der Waals surface area contributed by atoms with E-state index in [-0.39, 0.29) is 17.7 Å². The second kappa shape index (κ2) is 5.49. The molecule has 1 aliphatic rings. The zero-order valence-electron chi connectivity index (χ0n) is 13.1. The van der Waals surface area contributed by atoms with Crippen molar-refractivity contribution in [2.24, 2.45) is 0 Å². The normalized spacial score (nSPS) is 16.5. The van der Waals surface area contributed by atoms with Crippen molar-refractivity contribution < 1.29 is 9.59 Å². The predicted octanol–water partition coefficient (Wildman–Crippen LogP) is 3.00. The van der Waals surface area contributed by atoms with E-state index in [9.17, 15) is 9.59 Å². The molecule has 6 nitrogen and oxygen atoms in total. The molecule has 0 aliphatic carbocycles. The van der Waals surface area contributed by atoms with Gasteiger partial charge < -0.3 is 15.6 Å². The lowest BCUT2D eigenvalue weighted by molar-refractivity contribution is -0.116. The van der Waals surface area contributed by atoms with Crippen molar-refractivity contribution in [3.63, 3.8) is 0 Å². The molecule has 0 unspecified atom stereocenters. The zero-order chi connectivity index (χ0) is 16.7. The molecular weight excluding hydrogens is 304 g/mol.